The first kappa shape index (κ1) is 14.0. The summed E-state index contributed by atoms with van der Waals surface area (Å²) in [6.07, 6.45) is 5.24. The lowest BCUT2D eigenvalue weighted by molar-refractivity contribution is 0.0925. The lowest BCUT2D eigenvalue weighted by atomic mass is 9.97. The second kappa shape index (κ2) is 5.44. The summed E-state index contributed by atoms with van der Waals surface area (Å²) in [6.45, 7) is 4.09. The van der Waals surface area contributed by atoms with Crippen LogP contribution in [0.3, 0.4) is 0 Å². The number of carbonyl (C=O) groups excluding carboxylic acids is 1. The molecule has 21 heavy (non-hydrogen) atoms. The van der Waals surface area contributed by atoms with Crippen molar-refractivity contribution in [1.29, 1.82) is 0 Å². The van der Waals surface area contributed by atoms with E-state index < -0.39 is 12.1 Å². The maximum atomic E-state index is 13.5. The van der Waals surface area contributed by atoms with E-state index in [1.54, 1.807) is 22.9 Å². The maximum absolute atomic E-state index is 13.5. The minimum Gasteiger partial charge on any atom is -0.365 e. The summed E-state index contributed by atoms with van der Waals surface area (Å²) in [5, 5.41) is 0. The number of imidazole rings is 1. The normalized spacial score (nSPS) is 23.5. The fraction of sp³-hybridized carbons (Fsp3) is 0.467. The van der Waals surface area contributed by atoms with Gasteiger partial charge in [0, 0.05) is 44.1 Å². The Hall–Kier alpha value is -1.95. The van der Waals surface area contributed by atoms with Crippen molar-refractivity contribution in [2.75, 3.05) is 13.1 Å². The summed E-state index contributed by atoms with van der Waals surface area (Å²) in [6, 6.07) is 1.79. The monoisotopic (exact) mass is 290 g/mol. The van der Waals surface area contributed by atoms with Crippen LogP contribution in [0.25, 0.3) is 5.65 Å². The number of rotatable bonds is 3. The number of amides is 1. The zero-order valence-electron chi connectivity index (χ0n) is 12.0. The molecule has 2 atom stereocenters. The van der Waals surface area contributed by atoms with E-state index in [0.717, 1.165) is 18.7 Å². The van der Waals surface area contributed by atoms with Gasteiger partial charge in [-0.3, -0.25) is 9.69 Å². The molecule has 0 radical (unpaired) electrons. The van der Waals surface area contributed by atoms with Crippen LogP contribution in [-0.2, 0) is 6.54 Å². The highest BCUT2D eigenvalue weighted by molar-refractivity contribution is 5.98. The standard InChI is InChI=1S/C15H19FN4O/c1-10-7-19(4-2-13(10)16)8-11-6-12(14(17)21)15-18-3-5-20(15)9-11/h3,5-6,9-10,13H,2,4,7-8H2,1H3,(H2,17,21)/t10-,13+/m1/s1. The van der Waals surface area contributed by atoms with Crippen molar-refractivity contribution >= 4 is 11.6 Å². The van der Waals surface area contributed by atoms with Gasteiger partial charge in [-0.2, -0.15) is 0 Å². The Labute approximate surface area is 122 Å². The van der Waals surface area contributed by atoms with Gasteiger partial charge in [0.1, 0.15) is 11.8 Å². The molecule has 2 aromatic heterocycles. The predicted octanol–water partition coefficient (Wildman–Crippen LogP) is 1.61. The Morgan fingerprint density at radius 2 is 2.38 bits per heavy atom. The number of likely N-dealkylation sites (tertiary alicyclic amines) is 1. The molecule has 1 saturated heterocycles. The molecule has 2 aromatic rings. The molecule has 112 valence electrons. The molecule has 6 heteroatoms. The molecule has 0 aliphatic carbocycles. The largest absolute Gasteiger partial charge is 0.365 e. The molecule has 2 N–H and O–H groups in total. The van der Waals surface area contributed by atoms with Crippen molar-refractivity contribution in [3.8, 4) is 0 Å². The van der Waals surface area contributed by atoms with E-state index in [4.69, 9.17) is 5.73 Å². The lowest BCUT2D eigenvalue weighted by Gasteiger charge is -2.33. The molecule has 1 aliphatic rings. The Morgan fingerprint density at radius 3 is 3.10 bits per heavy atom. The third kappa shape index (κ3) is 2.76. The van der Waals surface area contributed by atoms with Crippen molar-refractivity contribution < 1.29 is 9.18 Å². The zero-order chi connectivity index (χ0) is 15.0. The SMILES string of the molecule is C[C@@H]1CN(Cc2cc(C(N)=O)c3nccn3c2)CC[C@@H]1F. The van der Waals surface area contributed by atoms with E-state index in [2.05, 4.69) is 9.88 Å². The van der Waals surface area contributed by atoms with Crippen molar-refractivity contribution in [3.05, 3.63) is 35.8 Å². The minimum atomic E-state index is -0.710. The Kier molecular flexibility index (Phi) is 3.63. The molecule has 1 fully saturated rings. The number of carbonyl (C=O) groups is 1. The number of nitrogens with two attached hydrogens (primary N) is 1. The molecular formula is C15H19FN4O. The Balaban J connectivity index is 1.85. The maximum Gasteiger partial charge on any atom is 0.252 e. The van der Waals surface area contributed by atoms with Crippen LogP contribution in [0.1, 0.15) is 29.3 Å². The summed E-state index contributed by atoms with van der Waals surface area (Å²) in [4.78, 5) is 17.9. The van der Waals surface area contributed by atoms with Crippen LogP contribution < -0.4 is 5.73 Å². The van der Waals surface area contributed by atoms with Crippen LogP contribution >= 0.6 is 0 Å². The van der Waals surface area contributed by atoms with Crippen LogP contribution in [0, 0.1) is 5.92 Å². The summed E-state index contributed by atoms with van der Waals surface area (Å²) in [5.41, 5.74) is 7.40. The highest BCUT2D eigenvalue weighted by atomic mass is 19.1. The summed E-state index contributed by atoms with van der Waals surface area (Å²) in [5.74, 6) is -0.435. The van der Waals surface area contributed by atoms with Gasteiger partial charge in [0.15, 0.2) is 0 Å². The number of hydrogen-bond donors (Lipinski definition) is 1. The second-order valence-electron chi connectivity index (χ2n) is 5.80. The number of primary amides is 1. The summed E-state index contributed by atoms with van der Waals surface area (Å²) >= 11 is 0. The second-order valence-corrected chi connectivity index (χ2v) is 5.80. The van der Waals surface area contributed by atoms with E-state index in [9.17, 15) is 9.18 Å². The Bertz CT molecular complexity index is 669. The Morgan fingerprint density at radius 1 is 1.57 bits per heavy atom. The van der Waals surface area contributed by atoms with E-state index in [1.165, 1.54) is 0 Å². The number of fused-ring (bicyclic) bond motifs is 1. The third-order valence-corrected chi connectivity index (χ3v) is 4.10. The van der Waals surface area contributed by atoms with Gasteiger partial charge in [0.05, 0.1) is 5.56 Å². The summed E-state index contributed by atoms with van der Waals surface area (Å²) < 4.78 is 15.3. The van der Waals surface area contributed by atoms with Gasteiger partial charge < -0.3 is 10.1 Å². The quantitative estimate of drug-likeness (QED) is 0.934. The van der Waals surface area contributed by atoms with Crippen LogP contribution in [0.15, 0.2) is 24.7 Å². The van der Waals surface area contributed by atoms with Gasteiger partial charge in [-0.05, 0) is 18.1 Å². The number of nitrogens with zero attached hydrogens (tertiary/aromatic N) is 3. The topological polar surface area (TPSA) is 63.6 Å². The highest BCUT2D eigenvalue weighted by Crippen LogP contribution is 2.22. The first-order valence-corrected chi connectivity index (χ1v) is 7.16. The molecule has 0 unspecified atom stereocenters. The minimum absolute atomic E-state index is 0.0475. The molecule has 0 bridgehead atoms. The lowest BCUT2D eigenvalue weighted by Crippen LogP contribution is -2.39. The van der Waals surface area contributed by atoms with Crippen LogP contribution in [-0.4, -0.2) is 39.5 Å². The number of alkyl halides is 1. The number of piperidine rings is 1. The van der Waals surface area contributed by atoms with E-state index in [0.29, 0.717) is 24.2 Å². The van der Waals surface area contributed by atoms with Gasteiger partial charge >= 0.3 is 0 Å². The molecule has 5 nitrogen and oxygen atoms in total. The van der Waals surface area contributed by atoms with Gasteiger partial charge in [-0.15, -0.1) is 0 Å². The van der Waals surface area contributed by atoms with Gasteiger partial charge in [-0.25, -0.2) is 9.37 Å². The average Bonchev–Trinajstić information content (AvgIpc) is 2.90. The van der Waals surface area contributed by atoms with Crippen LogP contribution in [0.5, 0.6) is 0 Å². The van der Waals surface area contributed by atoms with Crippen LogP contribution in [0.2, 0.25) is 0 Å². The predicted molar refractivity (Wildman–Crippen MR) is 77.7 cm³/mol. The van der Waals surface area contributed by atoms with E-state index in [1.807, 2.05) is 13.1 Å². The molecule has 0 saturated carbocycles. The summed E-state index contributed by atoms with van der Waals surface area (Å²) in [7, 11) is 0. The molecule has 1 aliphatic heterocycles. The van der Waals surface area contributed by atoms with E-state index in [-0.39, 0.29) is 5.92 Å². The average molecular weight is 290 g/mol. The fourth-order valence-electron chi connectivity index (χ4n) is 2.96. The number of halogens is 1. The molecule has 3 rings (SSSR count). The van der Waals surface area contributed by atoms with E-state index >= 15 is 0 Å². The third-order valence-electron chi connectivity index (χ3n) is 4.10. The van der Waals surface area contributed by atoms with Crippen molar-refractivity contribution in [1.82, 2.24) is 14.3 Å². The van der Waals surface area contributed by atoms with Crippen molar-refractivity contribution in [2.45, 2.75) is 26.1 Å². The molecule has 0 aromatic carbocycles. The molecule has 0 spiro atoms. The number of pyridine rings is 1. The van der Waals surface area contributed by atoms with Crippen LogP contribution in [0.4, 0.5) is 4.39 Å². The van der Waals surface area contributed by atoms with Gasteiger partial charge in [0.25, 0.3) is 5.91 Å². The van der Waals surface area contributed by atoms with Crippen molar-refractivity contribution in [2.24, 2.45) is 11.7 Å². The van der Waals surface area contributed by atoms with Gasteiger partial charge in [0.2, 0.25) is 0 Å². The number of hydrogen-bond acceptors (Lipinski definition) is 3. The zero-order valence-corrected chi connectivity index (χ0v) is 12.0. The highest BCUT2D eigenvalue weighted by Gasteiger charge is 2.25. The smallest absolute Gasteiger partial charge is 0.252 e. The van der Waals surface area contributed by atoms with Gasteiger partial charge in [-0.1, -0.05) is 6.92 Å². The first-order chi connectivity index (χ1) is 10.0. The number of aromatic nitrogens is 2. The molecule has 1 amide bonds. The molecular weight excluding hydrogens is 271 g/mol. The fourth-order valence-corrected chi connectivity index (χ4v) is 2.96. The van der Waals surface area contributed by atoms with Crippen molar-refractivity contribution in [3.63, 3.8) is 0 Å². The molecule has 3 heterocycles. The first-order valence-electron chi connectivity index (χ1n) is 7.16.